The number of benzene rings is 1. The molecule has 1 aromatic heterocycles. The van der Waals surface area contributed by atoms with Gasteiger partial charge in [0, 0.05) is 11.7 Å². The number of anilines is 2. The maximum atomic E-state index is 12.3. The van der Waals surface area contributed by atoms with Gasteiger partial charge in [-0.1, -0.05) is 49.1 Å². The molecule has 1 aliphatic rings. The van der Waals surface area contributed by atoms with E-state index in [1.807, 2.05) is 19.1 Å². The number of hydrogen-bond acceptors (Lipinski definition) is 6. The number of carbonyl (C=O) groups excluding carboxylic acids is 1. The molecule has 0 aliphatic heterocycles. The molecule has 2 aromatic rings. The Morgan fingerprint density at radius 2 is 1.92 bits per heavy atom. The third-order valence-electron chi connectivity index (χ3n) is 3.80. The third kappa shape index (κ3) is 4.70. The van der Waals surface area contributed by atoms with Gasteiger partial charge >= 0.3 is 0 Å². The first-order valence-electron chi connectivity index (χ1n) is 8.19. The van der Waals surface area contributed by atoms with Crippen molar-refractivity contribution in [2.75, 3.05) is 10.6 Å². The lowest BCUT2D eigenvalue weighted by atomic mass is 10.0. The van der Waals surface area contributed by atoms with Gasteiger partial charge in [-0.15, -0.1) is 10.2 Å². The van der Waals surface area contributed by atoms with Crippen molar-refractivity contribution in [2.45, 2.75) is 55.2 Å². The van der Waals surface area contributed by atoms with Crippen molar-refractivity contribution in [2.24, 2.45) is 0 Å². The minimum absolute atomic E-state index is 0.0239. The van der Waals surface area contributed by atoms with E-state index in [9.17, 15) is 4.79 Å². The predicted octanol–water partition coefficient (Wildman–Crippen LogP) is 4.36. The average Bonchev–Trinajstić information content (AvgIpc) is 3.26. The molecule has 1 fully saturated rings. The summed E-state index contributed by atoms with van der Waals surface area (Å²) in [5.41, 5.74) is 2.09. The van der Waals surface area contributed by atoms with Crippen LogP contribution in [0.25, 0.3) is 0 Å². The number of nitrogens with one attached hydrogen (secondary N) is 2. The summed E-state index contributed by atoms with van der Waals surface area (Å²) in [6, 6.07) is 8.57. The third-order valence-corrected chi connectivity index (χ3v) is 5.84. The fourth-order valence-corrected chi connectivity index (χ4v) is 4.09. The molecule has 2 N–H and O–H groups in total. The zero-order valence-electron chi connectivity index (χ0n) is 14.1. The fraction of sp³-hybridized carbons (Fsp3) is 0.471. The number of thioether (sulfide) groups is 1. The molecular weight excluding hydrogens is 340 g/mol. The van der Waals surface area contributed by atoms with Crippen LogP contribution in [0.1, 0.15) is 45.1 Å². The highest BCUT2D eigenvalue weighted by Crippen LogP contribution is 2.32. The zero-order valence-corrected chi connectivity index (χ0v) is 15.7. The van der Waals surface area contributed by atoms with Crippen molar-refractivity contribution in [1.82, 2.24) is 10.2 Å². The Kier molecular flexibility index (Phi) is 5.40. The molecule has 0 radical (unpaired) electrons. The van der Waals surface area contributed by atoms with Crippen molar-refractivity contribution in [3.63, 3.8) is 0 Å². The van der Waals surface area contributed by atoms with E-state index in [1.54, 1.807) is 0 Å². The van der Waals surface area contributed by atoms with Gasteiger partial charge in [0.15, 0.2) is 4.34 Å². The number of nitrogens with zero attached hydrogens (tertiary/aromatic N) is 2. The van der Waals surface area contributed by atoms with Crippen LogP contribution in [0, 0.1) is 0 Å². The van der Waals surface area contributed by atoms with Crippen molar-refractivity contribution < 1.29 is 4.79 Å². The van der Waals surface area contributed by atoms with E-state index < -0.39 is 0 Å². The molecule has 0 spiro atoms. The Balaban J connectivity index is 1.52. The molecule has 1 atom stereocenters. The number of aromatic nitrogens is 2. The number of hydrogen-bond donors (Lipinski definition) is 2. The molecule has 0 saturated heterocycles. The van der Waals surface area contributed by atoms with Gasteiger partial charge in [0.1, 0.15) is 0 Å². The molecule has 128 valence electrons. The molecule has 1 heterocycles. The number of amides is 1. The van der Waals surface area contributed by atoms with Gasteiger partial charge < -0.3 is 10.6 Å². The van der Waals surface area contributed by atoms with E-state index in [-0.39, 0.29) is 11.2 Å². The Morgan fingerprint density at radius 3 is 2.54 bits per heavy atom. The smallest absolute Gasteiger partial charge is 0.237 e. The van der Waals surface area contributed by atoms with Crippen LogP contribution in [-0.4, -0.2) is 27.4 Å². The van der Waals surface area contributed by atoms with Crippen LogP contribution in [0.15, 0.2) is 28.6 Å². The van der Waals surface area contributed by atoms with Crippen LogP contribution in [0.2, 0.25) is 0 Å². The first-order chi connectivity index (χ1) is 11.5. The molecule has 7 heteroatoms. The van der Waals surface area contributed by atoms with E-state index in [0.717, 1.165) is 15.2 Å². The topological polar surface area (TPSA) is 66.9 Å². The van der Waals surface area contributed by atoms with Gasteiger partial charge in [-0.3, -0.25) is 4.79 Å². The van der Waals surface area contributed by atoms with E-state index in [2.05, 4.69) is 46.8 Å². The fourth-order valence-electron chi connectivity index (χ4n) is 2.12. The van der Waals surface area contributed by atoms with Crippen LogP contribution in [-0.2, 0) is 4.79 Å². The van der Waals surface area contributed by atoms with Crippen LogP contribution >= 0.6 is 23.1 Å². The maximum Gasteiger partial charge on any atom is 0.237 e. The first kappa shape index (κ1) is 17.2. The van der Waals surface area contributed by atoms with Gasteiger partial charge in [-0.05, 0) is 43.4 Å². The summed E-state index contributed by atoms with van der Waals surface area (Å²) in [7, 11) is 0. The monoisotopic (exact) mass is 362 g/mol. The molecule has 1 aliphatic carbocycles. The van der Waals surface area contributed by atoms with Crippen LogP contribution in [0.5, 0.6) is 0 Å². The highest BCUT2D eigenvalue weighted by Gasteiger charge is 2.23. The lowest BCUT2D eigenvalue weighted by Gasteiger charge is -2.11. The standard InChI is InChI=1S/C17H22N4OS2/c1-10(2)12-4-6-13(7-5-12)18-15(22)11(3)23-17-21-20-16(24-17)19-14-8-9-14/h4-7,10-11,14H,8-9H2,1-3H3,(H,18,22)(H,19,20)/t11-/m1/s1. The van der Waals surface area contributed by atoms with Gasteiger partial charge in [0.25, 0.3) is 0 Å². The van der Waals surface area contributed by atoms with Crippen molar-refractivity contribution in [3.8, 4) is 0 Å². The van der Waals surface area contributed by atoms with Crippen LogP contribution in [0.4, 0.5) is 10.8 Å². The quantitative estimate of drug-likeness (QED) is 0.717. The summed E-state index contributed by atoms with van der Waals surface area (Å²) in [5.74, 6) is 0.462. The second-order valence-electron chi connectivity index (χ2n) is 6.32. The molecule has 0 unspecified atom stereocenters. The van der Waals surface area contributed by atoms with Crippen molar-refractivity contribution in [1.29, 1.82) is 0 Å². The summed E-state index contributed by atoms with van der Waals surface area (Å²) in [6.07, 6.45) is 2.41. The molecule has 0 bridgehead atoms. The molecule has 5 nitrogen and oxygen atoms in total. The minimum atomic E-state index is -0.225. The summed E-state index contributed by atoms with van der Waals surface area (Å²) in [6.45, 7) is 6.19. The second-order valence-corrected chi connectivity index (χ2v) is 8.88. The number of rotatable bonds is 7. The van der Waals surface area contributed by atoms with Gasteiger partial charge in [-0.2, -0.15) is 0 Å². The minimum Gasteiger partial charge on any atom is -0.357 e. The summed E-state index contributed by atoms with van der Waals surface area (Å²) < 4.78 is 0.816. The van der Waals surface area contributed by atoms with Crippen LogP contribution in [0.3, 0.4) is 0 Å². The highest BCUT2D eigenvalue weighted by atomic mass is 32.2. The predicted molar refractivity (Wildman–Crippen MR) is 101 cm³/mol. The Labute approximate surface area is 150 Å². The first-order valence-corrected chi connectivity index (χ1v) is 9.88. The molecule has 24 heavy (non-hydrogen) atoms. The Bertz CT molecular complexity index is 695. The maximum absolute atomic E-state index is 12.3. The Morgan fingerprint density at radius 1 is 1.21 bits per heavy atom. The molecule has 1 saturated carbocycles. The summed E-state index contributed by atoms with van der Waals surface area (Å²) in [4.78, 5) is 12.3. The highest BCUT2D eigenvalue weighted by molar-refractivity contribution is 8.02. The average molecular weight is 363 g/mol. The van der Waals surface area contributed by atoms with E-state index in [1.165, 1.54) is 41.5 Å². The lowest BCUT2D eigenvalue weighted by Crippen LogP contribution is -2.22. The molecule has 1 amide bonds. The van der Waals surface area contributed by atoms with Gasteiger partial charge in [0.2, 0.25) is 11.0 Å². The summed E-state index contributed by atoms with van der Waals surface area (Å²) >= 11 is 2.95. The SMILES string of the molecule is CC(C)c1ccc(NC(=O)[C@@H](C)Sc2nnc(NC3CC3)s2)cc1. The van der Waals surface area contributed by atoms with Crippen molar-refractivity contribution >= 4 is 39.8 Å². The lowest BCUT2D eigenvalue weighted by molar-refractivity contribution is -0.115. The van der Waals surface area contributed by atoms with Gasteiger partial charge in [0.05, 0.1) is 5.25 Å². The van der Waals surface area contributed by atoms with E-state index in [4.69, 9.17) is 0 Å². The second kappa shape index (κ2) is 7.53. The van der Waals surface area contributed by atoms with E-state index >= 15 is 0 Å². The van der Waals surface area contributed by atoms with Gasteiger partial charge in [-0.25, -0.2) is 0 Å². The summed E-state index contributed by atoms with van der Waals surface area (Å²) in [5, 5.41) is 15.2. The largest absolute Gasteiger partial charge is 0.357 e. The zero-order chi connectivity index (χ0) is 17.1. The molecule has 1 aromatic carbocycles. The normalized spacial score (nSPS) is 15.3. The van der Waals surface area contributed by atoms with E-state index in [0.29, 0.717) is 12.0 Å². The Hall–Kier alpha value is -1.60. The molecular formula is C17H22N4OS2. The van der Waals surface area contributed by atoms with Crippen LogP contribution < -0.4 is 10.6 Å². The van der Waals surface area contributed by atoms with Crippen molar-refractivity contribution in [3.05, 3.63) is 29.8 Å². The number of carbonyl (C=O) groups is 1. The molecule has 3 rings (SSSR count).